The smallest absolute Gasteiger partial charge is 0.293 e. The SMILES string of the molecule is CN1CCC(CNc2ccc(C#N)cc2[N+](=O)[O-])C1c1ccc(Cl)c(F)c1. The molecule has 1 aliphatic heterocycles. The Bertz CT molecular complexity index is 915. The van der Waals surface area contributed by atoms with Crippen LogP contribution >= 0.6 is 11.6 Å². The Kier molecular flexibility index (Phi) is 5.59. The number of hydrogen-bond acceptors (Lipinski definition) is 5. The molecule has 0 bridgehead atoms. The zero-order chi connectivity index (χ0) is 19.6. The third-order valence-corrected chi connectivity index (χ3v) is 5.24. The normalized spacial score (nSPS) is 19.6. The van der Waals surface area contributed by atoms with Crippen molar-refractivity contribution in [2.45, 2.75) is 12.5 Å². The lowest BCUT2D eigenvalue weighted by molar-refractivity contribution is -0.384. The minimum absolute atomic E-state index is 0.0123. The molecule has 0 radical (unpaired) electrons. The van der Waals surface area contributed by atoms with E-state index in [-0.39, 0.29) is 28.2 Å². The Balaban J connectivity index is 1.80. The summed E-state index contributed by atoms with van der Waals surface area (Å²) in [6.45, 7) is 1.34. The number of rotatable bonds is 5. The number of nitro benzene ring substituents is 1. The first-order valence-corrected chi connectivity index (χ1v) is 8.86. The first-order chi connectivity index (χ1) is 12.9. The first kappa shape index (κ1) is 19.1. The van der Waals surface area contributed by atoms with Crippen LogP contribution in [-0.4, -0.2) is 30.0 Å². The Morgan fingerprint density at radius 1 is 1.41 bits per heavy atom. The average Bonchev–Trinajstić information content (AvgIpc) is 3.02. The summed E-state index contributed by atoms with van der Waals surface area (Å²) in [6.07, 6.45) is 0.877. The molecule has 2 aromatic rings. The van der Waals surface area contributed by atoms with Gasteiger partial charge in [0.1, 0.15) is 11.5 Å². The molecule has 3 rings (SSSR count). The van der Waals surface area contributed by atoms with Gasteiger partial charge in [-0.1, -0.05) is 17.7 Å². The highest BCUT2D eigenvalue weighted by molar-refractivity contribution is 6.30. The van der Waals surface area contributed by atoms with Crippen molar-refractivity contribution >= 4 is 23.0 Å². The zero-order valence-electron chi connectivity index (χ0n) is 14.7. The summed E-state index contributed by atoms with van der Waals surface area (Å²) in [5, 5.41) is 23.4. The fraction of sp³-hybridized carbons (Fsp3) is 0.316. The molecule has 1 saturated heterocycles. The predicted molar refractivity (Wildman–Crippen MR) is 101 cm³/mol. The molecular weight excluding hydrogens is 371 g/mol. The fourth-order valence-corrected chi connectivity index (χ4v) is 3.72. The summed E-state index contributed by atoms with van der Waals surface area (Å²) >= 11 is 5.79. The van der Waals surface area contributed by atoms with E-state index in [0.29, 0.717) is 12.2 Å². The number of nitriles is 1. The number of nitrogens with zero attached hydrogens (tertiary/aromatic N) is 3. The fourth-order valence-electron chi connectivity index (χ4n) is 3.61. The molecule has 2 aromatic carbocycles. The zero-order valence-corrected chi connectivity index (χ0v) is 15.4. The van der Waals surface area contributed by atoms with Crippen molar-refractivity contribution in [3.05, 3.63) is 68.5 Å². The number of hydrogen-bond donors (Lipinski definition) is 1. The molecule has 0 amide bonds. The highest BCUT2D eigenvalue weighted by Crippen LogP contribution is 2.37. The third-order valence-electron chi connectivity index (χ3n) is 4.94. The summed E-state index contributed by atoms with van der Waals surface area (Å²) in [5.74, 6) is -0.310. The van der Waals surface area contributed by atoms with Crippen LogP contribution < -0.4 is 5.32 Å². The van der Waals surface area contributed by atoms with Gasteiger partial charge in [-0.3, -0.25) is 15.0 Å². The maximum atomic E-state index is 13.9. The van der Waals surface area contributed by atoms with E-state index in [0.717, 1.165) is 18.5 Å². The standard InChI is InChI=1S/C19H18ClFN4O2/c1-24-7-6-14(19(24)13-3-4-15(20)16(21)9-13)11-23-17-5-2-12(10-22)8-18(17)25(26)27/h2-5,8-9,14,19,23H,6-7,11H2,1H3. The van der Waals surface area contributed by atoms with E-state index >= 15 is 0 Å². The molecule has 27 heavy (non-hydrogen) atoms. The van der Waals surface area contributed by atoms with Crippen LogP contribution in [0, 0.1) is 33.2 Å². The molecular formula is C19H18ClFN4O2. The van der Waals surface area contributed by atoms with Crippen molar-refractivity contribution in [3.63, 3.8) is 0 Å². The Morgan fingerprint density at radius 2 is 2.19 bits per heavy atom. The molecule has 6 nitrogen and oxygen atoms in total. The van der Waals surface area contributed by atoms with Crippen LogP contribution in [-0.2, 0) is 0 Å². The van der Waals surface area contributed by atoms with E-state index in [1.54, 1.807) is 18.2 Å². The summed E-state index contributed by atoms with van der Waals surface area (Å²) in [5.41, 5.74) is 1.31. The molecule has 140 valence electrons. The number of nitrogens with one attached hydrogen (secondary N) is 1. The summed E-state index contributed by atoms with van der Waals surface area (Å²) < 4.78 is 13.9. The predicted octanol–water partition coefficient (Wildman–Crippen LogP) is 4.36. The molecule has 0 saturated carbocycles. The average molecular weight is 389 g/mol. The summed E-state index contributed by atoms with van der Waals surface area (Å²) in [4.78, 5) is 12.9. The van der Waals surface area contributed by atoms with E-state index < -0.39 is 10.7 Å². The van der Waals surface area contributed by atoms with Gasteiger partial charge in [-0.15, -0.1) is 0 Å². The van der Waals surface area contributed by atoms with Crippen molar-refractivity contribution in [3.8, 4) is 6.07 Å². The second-order valence-electron chi connectivity index (χ2n) is 6.63. The number of halogens is 2. The van der Waals surface area contributed by atoms with Gasteiger partial charge >= 0.3 is 0 Å². The number of nitro groups is 1. The van der Waals surface area contributed by atoms with Crippen molar-refractivity contribution < 1.29 is 9.31 Å². The number of anilines is 1. The van der Waals surface area contributed by atoms with E-state index in [2.05, 4.69) is 10.2 Å². The van der Waals surface area contributed by atoms with E-state index in [4.69, 9.17) is 16.9 Å². The van der Waals surface area contributed by atoms with Crippen molar-refractivity contribution in [1.82, 2.24) is 4.90 Å². The topological polar surface area (TPSA) is 82.2 Å². The second kappa shape index (κ2) is 7.91. The van der Waals surface area contributed by atoms with Gasteiger partial charge in [0.2, 0.25) is 0 Å². The first-order valence-electron chi connectivity index (χ1n) is 8.48. The lowest BCUT2D eigenvalue weighted by Crippen LogP contribution is -2.25. The molecule has 2 atom stereocenters. The van der Waals surface area contributed by atoms with Crippen molar-refractivity contribution in [1.29, 1.82) is 5.26 Å². The van der Waals surface area contributed by atoms with Gasteiger partial charge in [-0.2, -0.15) is 5.26 Å². The molecule has 1 N–H and O–H groups in total. The van der Waals surface area contributed by atoms with Crippen LogP contribution in [0.25, 0.3) is 0 Å². The third kappa shape index (κ3) is 4.02. The molecule has 1 fully saturated rings. The van der Waals surface area contributed by atoms with Gasteiger partial charge in [0.15, 0.2) is 0 Å². The van der Waals surface area contributed by atoms with E-state index in [1.807, 2.05) is 19.2 Å². The highest BCUT2D eigenvalue weighted by atomic mass is 35.5. The monoisotopic (exact) mass is 388 g/mol. The Morgan fingerprint density at radius 3 is 2.85 bits per heavy atom. The Labute approximate surface area is 161 Å². The van der Waals surface area contributed by atoms with E-state index in [1.165, 1.54) is 12.1 Å². The van der Waals surface area contributed by atoms with Crippen molar-refractivity contribution in [2.24, 2.45) is 5.92 Å². The molecule has 1 heterocycles. The van der Waals surface area contributed by atoms with E-state index in [9.17, 15) is 14.5 Å². The van der Waals surface area contributed by atoms with Crippen LogP contribution in [0.3, 0.4) is 0 Å². The van der Waals surface area contributed by atoms with Crippen LogP contribution in [0.2, 0.25) is 5.02 Å². The minimum Gasteiger partial charge on any atom is -0.379 e. The number of likely N-dealkylation sites (tertiary alicyclic amines) is 1. The summed E-state index contributed by atoms with van der Waals surface area (Å²) in [7, 11) is 1.97. The lowest BCUT2D eigenvalue weighted by Gasteiger charge is -2.26. The maximum Gasteiger partial charge on any atom is 0.293 e. The van der Waals surface area contributed by atoms with Crippen molar-refractivity contribution in [2.75, 3.05) is 25.5 Å². The molecule has 2 unspecified atom stereocenters. The van der Waals surface area contributed by atoms with Gasteiger partial charge in [0.25, 0.3) is 5.69 Å². The van der Waals surface area contributed by atoms with Crippen LogP contribution in [0.1, 0.15) is 23.6 Å². The lowest BCUT2D eigenvalue weighted by atomic mass is 9.93. The summed E-state index contributed by atoms with van der Waals surface area (Å²) in [6, 6.07) is 11.1. The number of benzene rings is 2. The van der Waals surface area contributed by atoms with Gasteiger partial charge in [-0.25, -0.2) is 4.39 Å². The molecule has 1 aliphatic rings. The maximum absolute atomic E-state index is 13.9. The van der Waals surface area contributed by atoms with Gasteiger partial charge in [0, 0.05) is 18.7 Å². The second-order valence-corrected chi connectivity index (χ2v) is 7.04. The van der Waals surface area contributed by atoms with Crippen LogP contribution in [0.5, 0.6) is 0 Å². The van der Waals surface area contributed by atoms with Crippen LogP contribution in [0.4, 0.5) is 15.8 Å². The van der Waals surface area contributed by atoms with Gasteiger partial charge in [0.05, 0.1) is 21.6 Å². The van der Waals surface area contributed by atoms with Crippen LogP contribution in [0.15, 0.2) is 36.4 Å². The molecule has 0 spiro atoms. The molecule has 0 aromatic heterocycles. The van der Waals surface area contributed by atoms with Gasteiger partial charge in [-0.05, 0) is 55.8 Å². The largest absolute Gasteiger partial charge is 0.379 e. The molecule has 0 aliphatic carbocycles. The highest BCUT2D eigenvalue weighted by Gasteiger charge is 2.33. The minimum atomic E-state index is -0.504. The van der Waals surface area contributed by atoms with Gasteiger partial charge < -0.3 is 5.32 Å². The quantitative estimate of drug-likeness (QED) is 0.607. The Hall–Kier alpha value is -2.69. The molecule has 8 heteroatoms.